The summed E-state index contributed by atoms with van der Waals surface area (Å²) in [6.07, 6.45) is 1.47. The van der Waals surface area contributed by atoms with E-state index in [9.17, 15) is 0 Å². The minimum absolute atomic E-state index is 0.261. The smallest absolute Gasteiger partial charge is 0.138 e. The average Bonchev–Trinajstić information content (AvgIpc) is 2.45. The molecule has 0 saturated heterocycles. The number of nitrogens with one attached hydrogen (secondary N) is 1. The van der Waals surface area contributed by atoms with E-state index < -0.39 is 0 Å². The number of hydrogen-bond donors (Lipinski definition) is 1. The SMILES string of the molecule is COc1cccc(CNc2ncnc(Cl)c2C(C)C)c1. The Morgan fingerprint density at radius 2 is 2.10 bits per heavy atom. The molecular formula is C15H18ClN3O. The molecule has 2 aromatic rings. The van der Waals surface area contributed by atoms with Crippen LogP contribution in [0.1, 0.15) is 30.9 Å². The van der Waals surface area contributed by atoms with Crippen LogP contribution in [-0.2, 0) is 6.54 Å². The number of nitrogens with zero attached hydrogens (tertiary/aromatic N) is 2. The molecule has 0 bridgehead atoms. The van der Waals surface area contributed by atoms with Crippen LogP contribution >= 0.6 is 11.6 Å². The van der Waals surface area contributed by atoms with E-state index in [-0.39, 0.29) is 5.92 Å². The van der Waals surface area contributed by atoms with Crippen molar-refractivity contribution in [2.45, 2.75) is 26.3 Å². The van der Waals surface area contributed by atoms with E-state index in [0.29, 0.717) is 11.7 Å². The number of hydrogen-bond acceptors (Lipinski definition) is 4. The zero-order valence-electron chi connectivity index (χ0n) is 11.9. The molecule has 0 radical (unpaired) electrons. The Bertz CT molecular complexity index is 587. The van der Waals surface area contributed by atoms with Gasteiger partial charge in [0, 0.05) is 12.1 Å². The van der Waals surface area contributed by atoms with Crippen LogP contribution in [0.15, 0.2) is 30.6 Å². The summed E-state index contributed by atoms with van der Waals surface area (Å²) in [5, 5.41) is 3.81. The second-order valence-corrected chi connectivity index (χ2v) is 5.14. The Morgan fingerprint density at radius 3 is 2.80 bits per heavy atom. The molecule has 4 nitrogen and oxygen atoms in total. The highest BCUT2D eigenvalue weighted by Gasteiger charge is 2.13. The lowest BCUT2D eigenvalue weighted by Gasteiger charge is -2.14. The Hall–Kier alpha value is -1.81. The molecule has 1 aromatic carbocycles. The normalized spacial score (nSPS) is 10.7. The molecule has 5 heteroatoms. The van der Waals surface area contributed by atoms with Gasteiger partial charge >= 0.3 is 0 Å². The Balaban J connectivity index is 2.16. The van der Waals surface area contributed by atoms with Gasteiger partial charge in [0.05, 0.1) is 7.11 Å². The number of benzene rings is 1. The predicted octanol–water partition coefficient (Wildman–Crippen LogP) is 3.87. The van der Waals surface area contributed by atoms with Crippen LogP contribution in [-0.4, -0.2) is 17.1 Å². The lowest BCUT2D eigenvalue weighted by atomic mass is 10.1. The van der Waals surface area contributed by atoms with Crippen LogP contribution in [0, 0.1) is 0 Å². The zero-order chi connectivity index (χ0) is 14.5. The van der Waals surface area contributed by atoms with E-state index >= 15 is 0 Å². The van der Waals surface area contributed by atoms with Crippen LogP contribution in [0.5, 0.6) is 5.75 Å². The highest BCUT2D eigenvalue weighted by Crippen LogP contribution is 2.28. The van der Waals surface area contributed by atoms with Gasteiger partial charge in [-0.25, -0.2) is 9.97 Å². The third-order valence-corrected chi connectivity index (χ3v) is 3.31. The number of rotatable bonds is 5. The number of methoxy groups -OCH3 is 1. The lowest BCUT2D eigenvalue weighted by molar-refractivity contribution is 0.414. The van der Waals surface area contributed by atoms with E-state index in [1.807, 2.05) is 24.3 Å². The predicted molar refractivity (Wildman–Crippen MR) is 81.5 cm³/mol. The van der Waals surface area contributed by atoms with Crippen molar-refractivity contribution in [2.75, 3.05) is 12.4 Å². The van der Waals surface area contributed by atoms with Crippen LogP contribution < -0.4 is 10.1 Å². The molecule has 0 amide bonds. The Morgan fingerprint density at radius 1 is 1.30 bits per heavy atom. The highest BCUT2D eigenvalue weighted by molar-refractivity contribution is 6.30. The second-order valence-electron chi connectivity index (χ2n) is 4.79. The summed E-state index contributed by atoms with van der Waals surface area (Å²) in [6.45, 7) is 4.80. The molecule has 0 aliphatic rings. The molecule has 106 valence electrons. The summed E-state index contributed by atoms with van der Waals surface area (Å²) >= 11 is 6.14. The van der Waals surface area contributed by atoms with Crippen LogP contribution in [0.4, 0.5) is 5.82 Å². The van der Waals surface area contributed by atoms with Crippen molar-refractivity contribution < 1.29 is 4.74 Å². The molecular weight excluding hydrogens is 274 g/mol. The van der Waals surface area contributed by atoms with Crippen LogP contribution in [0.25, 0.3) is 0 Å². The van der Waals surface area contributed by atoms with Gasteiger partial charge in [-0.15, -0.1) is 0 Å². The molecule has 1 heterocycles. The largest absolute Gasteiger partial charge is 0.497 e. The number of anilines is 1. The standard InChI is InChI=1S/C15H18ClN3O/c1-10(2)13-14(16)18-9-19-15(13)17-8-11-5-4-6-12(7-11)20-3/h4-7,9-10H,8H2,1-3H3,(H,17,18,19). The van der Waals surface area contributed by atoms with Gasteiger partial charge in [0.15, 0.2) is 0 Å². The van der Waals surface area contributed by atoms with Gasteiger partial charge in [-0.1, -0.05) is 37.6 Å². The molecule has 1 N–H and O–H groups in total. The molecule has 2 rings (SSSR count). The quantitative estimate of drug-likeness (QED) is 0.850. The van der Waals surface area contributed by atoms with Crippen molar-refractivity contribution in [1.29, 1.82) is 0 Å². The van der Waals surface area contributed by atoms with Crippen molar-refractivity contribution in [2.24, 2.45) is 0 Å². The van der Waals surface area contributed by atoms with Crippen molar-refractivity contribution in [3.05, 3.63) is 46.9 Å². The summed E-state index contributed by atoms with van der Waals surface area (Å²) in [7, 11) is 1.66. The van der Waals surface area contributed by atoms with E-state index in [1.54, 1.807) is 7.11 Å². The topological polar surface area (TPSA) is 47.0 Å². The molecule has 0 atom stereocenters. The summed E-state index contributed by atoms with van der Waals surface area (Å²) < 4.78 is 5.21. The van der Waals surface area contributed by atoms with E-state index in [0.717, 1.165) is 22.7 Å². The fraction of sp³-hybridized carbons (Fsp3) is 0.333. The van der Waals surface area contributed by atoms with Gasteiger partial charge in [0.2, 0.25) is 0 Å². The first-order valence-corrected chi connectivity index (χ1v) is 6.86. The molecule has 0 fully saturated rings. The van der Waals surface area contributed by atoms with Gasteiger partial charge in [-0.05, 0) is 23.6 Å². The molecule has 0 aliphatic heterocycles. The van der Waals surface area contributed by atoms with Gasteiger partial charge in [0.1, 0.15) is 23.0 Å². The summed E-state index contributed by atoms with van der Waals surface area (Å²) in [5.41, 5.74) is 2.06. The summed E-state index contributed by atoms with van der Waals surface area (Å²) in [5.74, 6) is 1.88. The lowest BCUT2D eigenvalue weighted by Crippen LogP contribution is -2.07. The summed E-state index contributed by atoms with van der Waals surface area (Å²) in [4.78, 5) is 8.32. The highest BCUT2D eigenvalue weighted by atomic mass is 35.5. The zero-order valence-corrected chi connectivity index (χ0v) is 12.6. The Kier molecular flexibility index (Phi) is 4.79. The van der Waals surface area contributed by atoms with Crippen molar-refractivity contribution >= 4 is 17.4 Å². The average molecular weight is 292 g/mol. The van der Waals surface area contributed by atoms with Gasteiger partial charge < -0.3 is 10.1 Å². The maximum Gasteiger partial charge on any atom is 0.138 e. The first-order chi connectivity index (χ1) is 9.61. The molecule has 0 spiro atoms. The van der Waals surface area contributed by atoms with Crippen molar-refractivity contribution in [1.82, 2.24) is 9.97 Å². The monoisotopic (exact) mass is 291 g/mol. The molecule has 20 heavy (non-hydrogen) atoms. The molecule has 1 aromatic heterocycles. The van der Waals surface area contributed by atoms with E-state index in [1.165, 1.54) is 6.33 Å². The van der Waals surface area contributed by atoms with Crippen molar-refractivity contribution in [3.63, 3.8) is 0 Å². The number of ether oxygens (including phenoxy) is 1. The molecule has 0 unspecified atom stereocenters. The van der Waals surface area contributed by atoms with Gasteiger partial charge in [0.25, 0.3) is 0 Å². The fourth-order valence-corrected chi connectivity index (χ4v) is 2.35. The molecule has 0 aliphatic carbocycles. The van der Waals surface area contributed by atoms with E-state index in [2.05, 4.69) is 29.1 Å². The maximum absolute atomic E-state index is 6.14. The third kappa shape index (κ3) is 3.39. The minimum atomic E-state index is 0.261. The number of halogens is 1. The Labute approximate surface area is 124 Å². The van der Waals surface area contributed by atoms with Gasteiger partial charge in [-0.3, -0.25) is 0 Å². The minimum Gasteiger partial charge on any atom is -0.497 e. The van der Waals surface area contributed by atoms with Crippen LogP contribution in [0.2, 0.25) is 5.15 Å². The fourth-order valence-electron chi connectivity index (χ4n) is 1.99. The van der Waals surface area contributed by atoms with Crippen LogP contribution in [0.3, 0.4) is 0 Å². The van der Waals surface area contributed by atoms with Gasteiger partial charge in [-0.2, -0.15) is 0 Å². The van der Waals surface area contributed by atoms with Crippen molar-refractivity contribution in [3.8, 4) is 5.75 Å². The summed E-state index contributed by atoms with van der Waals surface area (Å²) in [6, 6.07) is 7.91. The number of aromatic nitrogens is 2. The first kappa shape index (κ1) is 14.6. The first-order valence-electron chi connectivity index (χ1n) is 6.49. The third-order valence-electron chi connectivity index (χ3n) is 3.01. The molecule has 0 saturated carbocycles. The second kappa shape index (κ2) is 6.57. The maximum atomic E-state index is 6.14. The van der Waals surface area contributed by atoms with E-state index in [4.69, 9.17) is 16.3 Å².